The van der Waals surface area contributed by atoms with Gasteiger partial charge < -0.3 is 21.3 Å². The lowest BCUT2D eigenvalue weighted by Gasteiger charge is -2.33. The fraction of sp³-hybridized carbons (Fsp3) is 0.286. The Morgan fingerprint density at radius 1 is 1.03 bits per heavy atom. The molecule has 3 aromatic rings. The fourth-order valence-electron chi connectivity index (χ4n) is 4.44. The standard InChI is InChI=1S/C28H32N4O3/c1-27(2,3)17-28(4,5)19-8-12-21(13-9-19)35-25-15-23(24(33)14-22(25)30)32(26(31)34)20-10-6-18(16-29)7-11-20/h6-15,33H,17,30H2,1-5H3,(H2,31,34). The molecule has 0 unspecified atom stereocenters. The summed E-state index contributed by atoms with van der Waals surface area (Å²) < 4.78 is 6.02. The maximum atomic E-state index is 12.3. The van der Waals surface area contributed by atoms with Gasteiger partial charge in [0.05, 0.1) is 28.7 Å². The van der Waals surface area contributed by atoms with Gasteiger partial charge in [-0.15, -0.1) is 0 Å². The smallest absolute Gasteiger partial charge is 0.324 e. The van der Waals surface area contributed by atoms with Crippen LogP contribution in [0.2, 0.25) is 0 Å². The number of hydrogen-bond donors (Lipinski definition) is 3. The zero-order chi connectivity index (χ0) is 26.0. The number of nitriles is 1. The third-order valence-electron chi connectivity index (χ3n) is 5.66. The van der Waals surface area contributed by atoms with Crippen molar-refractivity contribution in [1.29, 1.82) is 5.26 Å². The molecule has 182 valence electrons. The minimum Gasteiger partial charge on any atom is -0.506 e. The van der Waals surface area contributed by atoms with Crippen molar-refractivity contribution in [3.63, 3.8) is 0 Å². The second-order valence-electron chi connectivity index (χ2n) is 10.5. The van der Waals surface area contributed by atoms with E-state index in [1.54, 1.807) is 24.3 Å². The largest absolute Gasteiger partial charge is 0.506 e. The van der Waals surface area contributed by atoms with Gasteiger partial charge in [0.25, 0.3) is 0 Å². The van der Waals surface area contributed by atoms with E-state index in [1.807, 2.05) is 30.3 Å². The van der Waals surface area contributed by atoms with Crippen LogP contribution in [0, 0.1) is 16.7 Å². The zero-order valence-corrected chi connectivity index (χ0v) is 20.8. The van der Waals surface area contributed by atoms with Gasteiger partial charge in [0.2, 0.25) is 0 Å². The van der Waals surface area contributed by atoms with E-state index >= 15 is 0 Å². The molecule has 0 aliphatic carbocycles. The van der Waals surface area contributed by atoms with Crippen LogP contribution in [0.3, 0.4) is 0 Å². The van der Waals surface area contributed by atoms with Gasteiger partial charge in [-0.1, -0.05) is 46.8 Å². The molecule has 0 saturated carbocycles. The molecule has 0 aliphatic rings. The van der Waals surface area contributed by atoms with Crippen molar-refractivity contribution in [2.75, 3.05) is 10.6 Å². The highest BCUT2D eigenvalue weighted by Crippen LogP contribution is 2.42. The molecule has 0 fully saturated rings. The van der Waals surface area contributed by atoms with E-state index in [2.05, 4.69) is 34.6 Å². The molecule has 0 saturated heterocycles. The van der Waals surface area contributed by atoms with Gasteiger partial charge >= 0.3 is 6.03 Å². The second-order valence-corrected chi connectivity index (χ2v) is 10.5. The zero-order valence-electron chi connectivity index (χ0n) is 20.8. The number of nitrogens with zero attached hydrogens (tertiary/aromatic N) is 2. The van der Waals surface area contributed by atoms with Crippen LogP contribution in [0.15, 0.2) is 60.7 Å². The maximum Gasteiger partial charge on any atom is 0.324 e. The Kier molecular flexibility index (Phi) is 6.97. The molecule has 7 nitrogen and oxygen atoms in total. The third kappa shape index (κ3) is 6.04. The number of primary amides is 1. The van der Waals surface area contributed by atoms with E-state index < -0.39 is 6.03 Å². The normalized spacial score (nSPS) is 11.5. The molecule has 0 aliphatic heterocycles. The number of hydrogen-bond acceptors (Lipinski definition) is 5. The van der Waals surface area contributed by atoms with E-state index in [0.717, 1.165) is 11.3 Å². The van der Waals surface area contributed by atoms with Crippen LogP contribution in [0.1, 0.15) is 52.2 Å². The molecular weight excluding hydrogens is 440 g/mol. The molecule has 2 amide bonds. The summed E-state index contributed by atoms with van der Waals surface area (Å²) in [7, 11) is 0. The van der Waals surface area contributed by atoms with Gasteiger partial charge in [-0.25, -0.2) is 4.79 Å². The van der Waals surface area contributed by atoms with Crippen molar-refractivity contribution in [3.05, 3.63) is 71.8 Å². The summed E-state index contributed by atoms with van der Waals surface area (Å²) in [5, 5.41) is 19.6. The van der Waals surface area contributed by atoms with Crippen LogP contribution < -0.4 is 21.1 Å². The summed E-state index contributed by atoms with van der Waals surface area (Å²) >= 11 is 0. The Morgan fingerprint density at radius 3 is 2.14 bits per heavy atom. The number of nitrogen functional groups attached to an aromatic ring is 1. The van der Waals surface area contributed by atoms with Gasteiger partial charge in [0, 0.05) is 12.1 Å². The lowest BCUT2D eigenvalue weighted by molar-refractivity contribution is 0.256. The van der Waals surface area contributed by atoms with E-state index in [0.29, 0.717) is 17.0 Å². The summed E-state index contributed by atoms with van der Waals surface area (Å²) in [6.45, 7) is 11.1. The predicted octanol–water partition coefficient (Wildman–Crippen LogP) is 6.57. The number of benzene rings is 3. The Morgan fingerprint density at radius 2 is 1.63 bits per heavy atom. The van der Waals surface area contributed by atoms with Gasteiger partial charge in [-0.2, -0.15) is 5.26 Å². The summed E-state index contributed by atoms with van der Waals surface area (Å²) in [4.78, 5) is 13.4. The molecule has 3 aromatic carbocycles. The number of amides is 2. The number of ether oxygens (including phenoxy) is 1. The Balaban J connectivity index is 1.93. The van der Waals surface area contributed by atoms with Crippen LogP contribution in [0.5, 0.6) is 17.2 Å². The highest BCUT2D eigenvalue weighted by atomic mass is 16.5. The lowest BCUT2D eigenvalue weighted by atomic mass is 9.72. The van der Waals surface area contributed by atoms with Gasteiger partial charge in [0.15, 0.2) is 5.75 Å². The van der Waals surface area contributed by atoms with Crippen LogP contribution in [-0.2, 0) is 5.41 Å². The number of carbonyl (C=O) groups excluding carboxylic acids is 1. The van der Waals surface area contributed by atoms with Crippen LogP contribution in [0.4, 0.5) is 21.9 Å². The SMILES string of the molecule is CC(C)(C)CC(C)(C)c1ccc(Oc2cc(N(C(N)=O)c3ccc(C#N)cc3)c(O)cc2N)cc1. The van der Waals surface area contributed by atoms with E-state index in [9.17, 15) is 9.90 Å². The van der Waals surface area contributed by atoms with Gasteiger partial charge in [-0.3, -0.25) is 4.90 Å². The maximum absolute atomic E-state index is 12.3. The average Bonchev–Trinajstić information content (AvgIpc) is 2.76. The second kappa shape index (κ2) is 9.59. The number of nitrogens with two attached hydrogens (primary N) is 2. The lowest BCUT2D eigenvalue weighted by Crippen LogP contribution is -2.31. The number of anilines is 3. The van der Waals surface area contributed by atoms with Crippen LogP contribution in [-0.4, -0.2) is 11.1 Å². The summed E-state index contributed by atoms with van der Waals surface area (Å²) in [5.74, 6) is 0.587. The first-order valence-corrected chi connectivity index (χ1v) is 11.3. The average molecular weight is 473 g/mol. The van der Waals surface area contributed by atoms with Crippen LogP contribution >= 0.6 is 0 Å². The molecule has 35 heavy (non-hydrogen) atoms. The molecule has 0 heterocycles. The topological polar surface area (TPSA) is 126 Å². The first-order chi connectivity index (χ1) is 16.3. The fourth-order valence-corrected chi connectivity index (χ4v) is 4.44. The number of urea groups is 1. The van der Waals surface area contributed by atoms with Crippen LogP contribution in [0.25, 0.3) is 0 Å². The van der Waals surface area contributed by atoms with Crippen molar-refractivity contribution in [2.24, 2.45) is 11.1 Å². The number of phenols is 1. The van der Waals surface area contributed by atoms with Crippen molar-refractivity contribution >= 4 is 23.1 Å². The monoisotopic (exact) mass is 472 g/mol. The summed E-state index contributed by atoms with van der Waals surface area (Å²) in [6, 6.07) is 18.0. The number of rotatable bonds is 6. The Bertz CT molecular complexity index is 1250. The molecule has 5 N–H and O–H groups in total. The Labute approximate surface area is 206 Å². The minimum absolute atomic E-state index is 0.00933. The molecule has 0 spiro atoms. The van der Waals surface area contributed by atoms with Gasteiger partial charge in [-0.05, 0) is 59.2 Å². The molecule has 7 heteroatoms. The molecular formula is C28H32N4O3. The summed E-state index contributed by atoms with van der Waals surface area (Å²) in [5.41, 5.74) is 14.2. The predicted molar refractivity (Wildman–Crippen MR) is 139 cm³/mol. The number of carbonyl (C=O) groups is 1. The van der Waals surface area contributed by atoms with E-state index in [-0.39, 0.29) is 33.7 Å². The first-order valence-electron chi connectivity index (χ1n) is 11.3. The highest BCUT2D eigenvalue weighted by molar-refractivity contribution is 6.00. The first kappa shape index (κ1) is 25.4. The van der Waals surface area contributed by atoms with Crippen molar-refractivity contribution in [3.8, 4) is 23.3 Å². The molecule has 0 aromatic heterocycles. The number of aromatic hydroxyl groups is 1. The number of phenolic OH excluding ortho intramolecular Hbond substituents is 1. The molecule has 0 radical (unpaired) electrons. The molecule has 0 bridgehead atoms. The Hall–Kier alpha value is -4.18. The minimum atomic E-state index is -0.814. The van der Waals surface area contributed by atoms with Crippen molar-refractivity contribution < 1.29 is 14.6 Å². The van der Waals surface area contributed by atoms with E-state index in [1.165, 1.54) is 17.7 Å². The quantitative estimate of drug-likeness (QED) is 0.350. The van der Waals surface area contributed by atoms with Crippen molar-refractivity contribution in [1.82, 2.24) is 0 Å². The van der Waals surface area contributed by atoms with Crippen molar-refractivity contribution in [2.45, 2.75) is 46.5 Å². The molecule has 0 atom stereocenters. The van der Waals surface area contributed by atoms with E-state index in [4.69, 9.17) is 21.5 Å². The third-order valence-corrected chi connectivity index (χ3v) is 5.66. The van der Waals surface area contributed by atoms with Gasteiger partial charge in [0.1, 0.15) is 11.5 Å². The highest BCUT2D eigenvalue weighted by Gasteiger charge is 2.27. The molecule has 3 rings (SSSR count). The summed E-state index contributed by atoms with van der Waals surface area (Å²) in [6.07, 6.45) is 1.02.